The molecule has 0 amide bonds. The highest BCUT2D eigenvalue weighted by Crippen LogP contribution is 2.23. The van der Waals surface area contributed by atoms with Gasteiger partial charge in [0, 0.05) is 0 Å². The molecule has 2 unspecified atom stereocenters. The van der Waals surface area contributed by atoms with Gasteiger partial charge >= 0.3 is 0 Å². The zero-order valence-electron chi connectivity index (χ0n) is 14.0. The lowest BCUT2D eigenvalue weighted by Crippen LogP contribution is -2.28. The van der Waals surface area contributed by atoms with Crippen LogP contribution in [-0.4, -0.2) is 38.1 Å². The predicted octanol–water partition coefficient (Wildman–Crippen LogP) is 2.92. The molecule has 0 spiro atoms. The van der Waals surface area contributed by atoms with Crippen molar-refractivity contribution < 1.29 is 9.47 Å². The Kier molecular flexibility index (Phi) is 4.74. The first-order valence-corrected chi connectivity index (χ1v) is 8.58. The first-order valence-electron chi connectivity index (χ1n) is 8.58. The van der Waals surface area contributed by atoms with E-state index in [1.165, 1.54) is 11.1 Å². The molecule has 2 heterocycles. The monoisotopic (exact) mass is 335 g/mol. The summed E-state index contributed by atoms with van der Waals surface area (Å²) in [7, 11) is 0. The predicted molar refractivity (Wildman–Crippen MR) is 98.0 cm³/mol. The molecule has 0 radical (unpaired) electrons. The van der Waals surface area contributed by atoms with E-state index in [2.05, 4.69) is 39.6 Å². The van der Waals surface area contributed by atoms with Crippen molar-refractivity contribution in [3.05, 3.63) is 71.8 Å². The van der Waals surface area contributed by atoms with Crippen LogP contribution in [0.5, 0.6) is 0 Å². The SMILES string of the molecule is c1ccc(C2COC(CNCC3=NC(c4ccccc4)CO3)=N2)cc1. The van der Waals surface area contributed by atoms with E-state index in [0.717, 1.165) is 11.8 Å². The Morgan fingerprint density at radius 3 is 1.60 bits per heavy atom. The Hall–Kier alpha value is -2.66. The lowest BCUT2D eigenvalue weighted by Gasteiger charge is -2.04. The summed E-state index contributed by atoms with van der Waals surface area (Å²) in [6.07, 6.45) is 0. The Balaban J connectivity index is 1.27. The Bertz CT molecular complexity index is 694. The average Bonchev–Trinajstić information content (AvgIpc) is 3.33. The van der Waals surface area contributed by atoms with Crippen molar-refractivity contribution in [3.63, 3.8) is 0 Å². The highest BCUT2D eigenvalue weighted by atomic mass is 16.5. The molecule has 2 aliphatic heterocycles. The fraction of sp³-hybridized carbons (Fsp3) is 0.300. The smallest absolute Gasteiger partial charge is 0.198 e. The van der Waals surface area contributed by atoms with Gasteiger partial charge in [-0.1, -0.05) is 60.7 Å². The van der Waals surface area contributed by atoms with Crippen LogP contribution in [0.2, 0.25) is 0 Å². The number of benzene rings is 2. The molecule has 0 saturated carbocycles. The Morgan fingerprint density at radius 2 is 1.16 bits per heavy atom. The van der Waals surface area contributed by atoms with Gasteiger partial charge in [0.1, 0.15) is 25.3 Å². The minimum atomic E-state index is 0.0977. The summed E-state index contributed by atoms with van der Waals surface area (Å²) in [4.78, 5) is 9.27. The maximum Gasteiger partial charge on any atom is 0.198 e. The standard InChI is InChI=1S/C20H21N3O2/c1-3-7-15(8-4-1)17-13-24-19(22-17)11-21-12-20-23-18(14-25-20)16-9-5-2-6-10-16/h1-10,17-18,21H,11-14H2. The van der Waals surface area contributed by atoms with Crippen LogP contribution in [0.4, 0.5) is 0 Å². The van der Waals surface area contributed by atoms with Crippen molar-refractivity contribution in [3.8, 4) is 0 Å². The van der Waals surface area contributed by atoms with Crippen LogP contribution in [-0.2, 0) is 9.47 Å². The van der Waals surface area contributed by atoms with Crippen molar-refractivity contribution in [2.75, 3.05) is 26.3 Å². The summed E-state index contributed by atoms with van der Waals surface area (Å²) < 4.78 is 11.4. The van der Waals surface area contributed by atoms with Crippen LogP contribution in [0.1, 0.15) is 23.2 Å². The fourth-order valence-corrected chi connectivity index (χ4v) is 3.01. The topological polar surface area (TPSA) is 55.2 Å². The molecule has 2 aromatic carbocycles. The number of hydrogen-bond donors (Lipinski definition) is 1. The number of ether oxygens (including phenoxy) is 2. The maximum atomic E-state index is 5.68. The first kappa shape index (κ1) is 15.8. The number of hydrogen-bond acceptors (Lipinski definition) is 5. The van der Waals surface area contributed by atoms with Crippen molar-refractivity contribution in [2.45, 2.75) is 12.1 Å². The lowest BCUT2D eigenvalue weighted by molar-refractivity contribution is 0.307. The second kappa shape index (κ2) is 7.49. The molecule has 1 N–H and O–H groups in total. The lowest BCUT2D eigenvalue weighted by atomic mass is 10.1. The number of aliphatic imine (C=N–C) groups is 2. The van der Waals surface area contributed by atoms with Crippen LogP contribution in [0.25, 0.3) is 0 Å². The third kappa shape index (κ3) is 3.88. The molecule has 0 aromatic heterocycles. The van der Waals surface area contributed by atoms with Crippen LogP contribution in [0.3, 0.4) is 0 Å². The van der Waals surface area contributed by atoms with Gasteiger partial charge in [0.05, 0.1) is 13.1 Å². The molecule has 0 fully saturated rings. The Morgan fingerprint density at radius 1 is 0.720 bits per heavy atom. The highest BCUT2D eigenvalue weighted by Gasteiger charge is 2.22. The van der Waals surface area contributed by atoms with Gasteiger partial charge in [-0.2, -0.15) is 0 Å². The second-order valence-corrected chi connectivity index (χ2v) is 6.12. The van der Waals surface area contributed by atoms with Gasteiger partial charge in [-0.05, 0) is 11.1 Å². The van der Waals surface area contributed by atoms with Gasteiger partial charge in [0.25, 0.3) is 0 Å². The fourth-order valence-electron chi connectivity index (χ4n) is 3.01. The Labute approximate surface area is 147 Å². The molecule has 0 bridgehead atoms. The van der Waals surface area contributed by atoms with Gasteiger partial charge in [0.2, 0.25) is 0 Å². The van der Waals surface area contributed by atoms with Gasteiger partial charge < -0.3 is 14.8 Å². The van der Waals surface area contributed by atoms with E-state index in [9.17, 15) is 0 Å². The average molecular weight is 335 g/mol. The van der Waals surface area contributed by atoms with Crippen molar-refractivity contribution in [1.29, 1.82) is 0 Å². The van der Waals surface area contributed by atoms with Crippen LogP contribution >= 0.6 is 0 Å². The van der Waals surface area contributed by atoms with Crippen molar-refractivity contribution in [1.82, 2.24) is 5.32 Å². The maximum absolute atomic E-state index is 5.68. The normalized spacial score (nSPS) is 22.1. The van der Waals surface area contributed by atoms with Gasteiger partial charge in [0.15, 0.2) is 11.8 Å². The number of rotatable bonds is 6. The number of nitrogens with one attached hydrogen (secondary N) is 1. The first-order chi connectivity index (χ1) is 12.4. The molecule has 25 heavy (non-hydrogen) atoms. The summed E-state index contributed by atoms with van der Waals surface area (Å²) in [5, 5.41) is 3.30. The van der Waals surface area contributed by atoms with E-state index in [1.54, 1.807) is 0 Å². The minimum Gasteiger partial charge on any atom is -0.477 e. The van der Waals surface area contributed by atoms with Gasteiger partial charge in [-0.3, -0.25) is 0 Å². The van der Waals surface area contributed by atoms with Gasteiger partial charge in [-0.15, -0.1) is 0 Å². The molecule has 2 aliphatic rings. The molecule has 0 saturated heterocycles. The van der Waals surface area contributed by atoms with E-state index in [1.807, 2.05) is 36.4 Å². The third-order valence-corrected chi connectivity index (χ3v) is 4.34. The molecule has 4 rings (SSSR count). The second-order valence-electron chi connectivity index (χ2n) is 6.12. The molecular formula is C20H21N3O2. The largest absolute Gasteiger partial charge is 0.477 e. The van der Waals surface area contributed by atoms with E-state index in [-0.39, 0.29) is 12.1 Å². The number of nitrogens with zero attached hydrogens (tertiary/aromatic N) is 2. The minimum absolute atomic E-state index is 0.0977. The van der Waals surface area contributed by atoms with E-state index in [0.29, 0.717) is 26.3 Å². The summed E-state index contributed by atoms with van der Waals surface area (Å²) in [6.45, 7) is 2.38. The van der Waals surface area contributed by atoms with E-state index >= 15 is 0 Å². The van der Waals surface area contributed by atoms with E-state index in [4.69, 9.17) is 9.47 Å². The molecule has 128 valence electrons. The molecule has 0 aliphatic carbocycles. The quantitative estimate of drug-likeness (QED) is 0.883. The zero-order valence-corrected chi connectivity index (χ0v) is 14.0. The molecule has 2 aromatic rings. The summed E-state index contributed by atoms with van der Waals surface area (Å²) in [6, 6.07) is 20.7. The molecule has 5 nitrogen and oxygen atoms in total. The molecule has 2 atom stereocenters. The van der Waals surface area contributed by atoms with Crippen LogP contribution in [0.15, 0.2) is 70.6 Å². The van der Waals surface area contributed by atoms with E-state index < -0.39 is 0 Å². The van der Waals surface area contributed by atoms with Gasteiger partial charge in [-0.25, -0.2) is 9.98 Å². The molecule has 5 heteroatoms. The zero-order chi connectivity index (χ0) is 16.9. The third-order valence-electron chi connectivity index (χ3n) is 4.34. The summed E-state index contributed by atoms with van der Waals surface area (Å²) >= 11 is 0. The summed E-state index contributed by atoms with van der Waals surface area (Å²) in [5.74, 6) is 1.49. The summed E-state index contributed by atoms with van der Waals surface area (Å²) in [5.41, 5.74) is 2.37. The van der Waals surface area contributed by atoms with Crippen LogP contribution in [0, 0.1) is 0 Å². The van der Waals surface area contributed by atoms with Crippen molar-refractivity contribution >= 4 is 11.8 Å². The molecular weight excluding hydrogens is 314 g/mol. The van der Waals surface area contributed by atoms with Crippen LogP contribution < -0.4 is 5.32 Å². The van der Waals surface area contributed by atoms with Crippen molar-refractivity contribution in [2.24, 2.45) is 9.98 Å². The highest BCUT2D eigenvalue weighted by molar-refractivity contribution is 5.83.